The van der Waals surface area contributed by atoms with Gasteiger partial charge in [0.15, 0.2) is 0 Å². The first-order chi connectivity index (χ1) is 11.0. The SMILES string of the molecule is CCCCN(C)C(=O)c1cc(C)nc(Nc2ccc(F)cc2)n1. The summed E-state index contributed by atoms with van der Waals surface area (Å²) in [6, 6.07) is 7.55. The second kappa shape index (κ2) is 7.67. The van der Waals surface area contributed by atoms with Crippen LogP contribution in [0.3, 0.4) is 0 Å². The van der Waals surface area contributed by atoms with Crippen LogP contribution in [0.5, 0.6) is 0 Å². The van der Waals surface area contributed by atoms with Gasteiger partial charge in [0.2, 0.25) is 5.95 Å². The van der Waals surface area contributed by atoms with E-state index in [4.69, 9.17) is 0 Å². The van der Waals surface area contributed by atoms with Gasteiger partial charge in [-0.05, 0) is 43.7 Å². The molecule has 1 aromatic heterocycles. The Hall–Kier alpha value is -2.50. The number of hydrogen-bond donors (Lipinski definition) is 1. The molecule has 0 unspecified atom stereocenters. The smallest absolute Gasteiger partial charge is 0.272 e. The highest BCUT2D eigenvalue weighted by Crippen LogP contribution is 2.15. The van der Waals surface area contributed by atoms with Crippen LogP contribution in [0.4, 0.5) is 16.0 Å². The summed E-state index contributed by atoms with van der Waals surface area (Å²) in [7, 11) is 1.77. The number of benzene rings is 1. The number of rotatable bonds is 6. The van der Waals surface area contributed by atoms with Gasteiger partial charge in [0.05, 0.1) is 0 Å². The number of hydrogen-bond acceptors (Lipinski definition) is 4. The molecule has 0 saturated heterocycles. The normalized spacial score (nSPS) is 10.4. The molecule has 2 aromatic rings. The summed E-state index contributed by atoms with van der Waals surface area (Å²) >= 11 is 0. The monoisotopic (exact) mass is 316 g/mol. The van der Waals surface area contributed by atoms with Crippen LogP contribution in [0.15, 0.2) is 30.3 Å². The number of aryl methyl sites for hydroxylation is 1. The average Bonchev–Trinajstić information content (AvgIpc) is 2.53. The third-order valence-corrected chi connectivity index (χ3v) is 3.37. The van der Waals surface area contributed by atoms with E-state index in [2.05, 4.69) is 22.2 Å². The molecule has 0 fully saturated rings. The molecule has 1 amide bonds. The van der Waals surface area contributed by atoms with E-state index in [0.717, 1.165) is 12.8 Å². The predicted octanol–water partition coefficient (Wildman–Crippen LogP) is 3.54. The second-order valence-corrected chi connectivity index (χ2v) is 5.43. The number of halogens is 1. The summed E-state index contributed by atoms with van der Waals surface area (Å²) in [6.07, 6.45) is 1.98. The van der Waals surface area contributed by atoms with Crippen LogP contribution >= 0.6 is 0 Å². The lowest BCUT2D eigenvalue weighted by Gasteiger charge is -2.17. The number of nitrogens with zero attached hydrogens (tertiary/aromatic N) is 3. The molecule has 1 N–H and O–H groups in total. The molecule has 0 aliphatic carbocycles. The third-order valence-electron chi connectivity index (χ3n) is 3.37. The highest BCUT2D eigenvalue weighted by atomic mass is 19.1. The lowest BCUT2D eigenvalue weighted by molar-refractivity contribution is 0.0787. The molecular formula is C17H21FN4O. The van der Waals surface area contributed by atoms with Crippen molar-refractivity contribution in [1.82, 2.24) is 14.9 Å². The molecule has 1 aromatic carbocycles. The van der Waals surface area contributed by atoms with Crippen molar-refractivity contribution in [1.29, 1.82) is 0 Å². The van der Waals surface area contributed by atoms with Crippen molar-refractivity contribution in [2.75, 3.05) is 18.9 Å². The minimum absolute atomic E-state index is 0.133. The Labute approximate surface area is 135 Å². The molecule has 23 heavy (non-hydrogen) atoms. The summed E-state index contributed by atoms with van der Waals surface area (Å²) < 4.78 is 12.9. The van der Waals surface area contributed by atoms with Gasteiger partial charge < -0.3 is 10.2 Å². The summed E-state index contributed by atoms with van der Waals surface area (Å²) in [4.78, 5) is 22.6. The Balaban J connectivity index is 2.18. The molecule has 0 aliphatic heterocycles. The molecular weight excluding hydrogens is 295 g/mol. The molecule has 0 bridgehead atoms. The van der Waals surface area contributed by atoms with Gasteiger partial charge in [-0.25, -0.2) is 14.4 Å². The van der Waals surface area contributed by atoms with Crippen molar-refractivity contribution in [3.63, 3.8) is 0 Å². The zero-order valence-corrected chi connectivity index (χ0v) is 13.6. The molecule has 6 heteroatoms. The van der Waals surface area contributed by atoms with Crippen LogP contribution in [0, 0.1) is 12.7 Å². The minimum atomic E-state index is -0.311. The topological polar surface area (TPSA) is 58.1 Å². The van der Waals surface area contributed by atoms with Gasteiger partial charge in [-0.2, -0.15) is 0 Å². The van der Waals surface area contributed by atoms with E-state index < -0.39 is 0 Å². The minimum Gasteiger partial charge on any atom is -0.340 e. The van der Waals surface area contributed by atoms with E-state index in [0.29, 0.717) is 29.6 Å². The van der Waals surface area contributed by atoms with E-state index >= 15 is 0 Å². The number of unbranched alkanes of at least 4 members (excludes halogenated alkanes) is 1. The van der Waals surface area contributed by atoms with E-state index in [1.807, 2.05) is 0 Å². The summed E-state index contributed by atoms with van der Waals surface area (Å²) in [5.41, 5.74) is 1.70. The van der Waals surface area contributed by atoms with Crippen LogP contribution in [0.25, 0.3) is 0 Å². The molecule has 1 heterocycles. The van der Waals surface area contributed by atoms with E-state index in [1.54, 1.807) is 37.1 Å². The van der Waals surface area contributed by atoms with Crippen LogP contribution in [0.2, 0.25) is 0 Å². The Bertz CT molecular complexity index is 673. The van der Waals surface area contributed by atoms with Gasteiger partial charge >= 0.3 is 0 Å². The fraction of sp³-hybridized carbons (Fsp3) is 0.353. The van der Waals surface area contributed by atoms with Gasteiger partial charge in [-0.15, -0.1) is 0 Å². The van der Waals surface area contributed by atoms with Crippen LogP contribution in [-0.2, 0) is 0 Å². The third kappa shape index (κ3) is 4.74. The molecule has 0 spiro atoms. The molecule has 0 aliphatic rings. The number of nitrogens with one attached hydrogen (secondary N) is 1. The van der Waals surface area contributed by atoms with E-state index in [9.17, 15) is 9.18 Å². The molecule has 0 radical (unpaired) electrons. The Kier molecular flexibility index (Phi) is 5.62. The van der Waals surface area contributed by atoms with Crippen LogP contribution in [-0.4, -0.2) is 34.4 Å². The maximum Gasteiger partial charge on any atom is 0.272 e. The fourth-order valence-corrected chi connectivity index (χ4v) is 2.09. The second-order valence-electron chi connectivity index (χ2n) is 5.43. The highest BCUT2D eigenvalue weighted by molar-refractivity contribution is 5.92. The highest BCUT2D eigenvalue weighted by Gasteiger charge is 2.15. The number of anilines is 2. The number of amides is 1. The summed E-state index contributed by atoms with van der Waals surface area (Å²) in [5.74, 6) is -0.121. The van der Waals surface area contributed by atoms with Crippen molar-refractivity contribution in [2.24, 2.45) is 0 Å². The molecule has 0 saturated carbocycles. The van der Waals surface area contributed by atoms with Gasteiger partial charge in [0, 0.05) is 25.0 Å². The lowest BCUT2D eigenvalue weighted by atomic mass is 10.2. The standard InChI is InChI=1S/C17H21FN4O/c1-4-5-10-22(3)16(23)15-11-12(2)19-17(21-15)20-14-8-6-13(18)7-9-14/h6-9,11H,4-5,10H2,1-3H3,(H,19,20,21). The van der Waals surface area contributed by atoms with Crippen molar-refractivity contribution in [3.8, 4) is 0 Å². The zero-order valence-electron chi connectivity index (χ0n) is 13.6. The first kappa shape index (κ1) is 16.9. The molecule has 122 valence electrons. The van der Waals surface area contributed by atoms with Gasteiger partial charge in [-0.1, -0.05) is 13.3 Å². The number of carbonyl (C=O) groups is 1. The van der Waals surface area contributed by atoms with Crippen LogP contribution in [0.1, 0.15) is 35.9 Å². The Morgan fingerprint density at radius 1 is 1.26 bits per heavy atom. The van der Waals surface area contributed by atoms with Gasteiger partial charge in [0.1, 0.15) is 11.5 Å². The fourth-order valence-electron chi connectivity index (χ4n) is 2.09. The summed E-state index contributed by atoms with van der Waals surface area (Å²) in [5, 5.41) is 2.99. The average molecular weight is 316 g/mol. The molecule has 2 rings (SSSR count). The van der Waals surface area contributed by atoms with Crippen molar-refractivity contribution < 1.29 is 9.18 Å². The largest absolute Gasteiger partial charge is 0.340 e. The molecule has 5 nitrogen and oxygen atoms in total. The van der Waals surface area contributed by atoms with E-state index in [1.165, 1.54) is 12.1 Å². The number of aromatic nitrogens is 2. The van der Waals surface area contributed by atoms with E-state index in [-0.39, 0.29) is 11.7 Å². The van der Waals surface area contributed by atoms with Crippen molar-refractivity contribution in [2.45, 2.75) is 26.7 Å². The Morgan fingerprint density at radius 2 is 1.96 bits per heavy atom. The van der Waals surface area contributed by atoms with Gasteiger partial charge in [-0.3, -0.25) is 4.79 Å². The predicted molar refractivity (Wildman–Crippen MR) is 88.3 cm³/mol. The van der Waals surface area contributed by atoms with Crippen LogP contribution < -0.4 is 5.32 Å². The maximum absolute atomic E-state index is 12.9. The summed E-state index contributed by atoms with van der Waals surface area (Å²) in [6.45, 7) is 4.58. The van der Waals surface area contributed by atoms with Crippen molar-refractivity contribution in [3.05, 3.63) is 47.5 Å². The zero-order chi connectivity index (χ0) is 16.8. The maximum atomic E-state index is 12.9. The van der Waals surface area contributed by atoms with Crippen molar-refractivity contribution >= 4 is 17.5 Å². The molecule has 0 atom stereocenters. The quantitative estimate of drug-likeness (QED) is 0.885. The first-order valence-corrected chi connectivity index (χ1v) is 7.63. The number of carbonyl (C=O) groups excluding carboxylic acids is 1. The Morgan fingerprint density at radius 3 is 2.61 bits per heavy atom. The first-order valence-electron chi connectivity index (χ1n) is 7.63. The lowest BCUT2D eigenvalue weighted by Crippen LogP contribution is -2.28. The van der Waals surface area contributed by atoms with Gasteiger partial charge in [0.25, 0.3) is 5.91 Å².